The molecule has 5 nitrogen and oxygen atoms in total. The Hall–Kier alpha value is -1.82. The highest BCUT2D eigenvalue weighted by atomic mass is 28.3. The van der Waals surface area contributed by atoms with E-state index in [1.807, 2.05) is 39.7 Å². The van der Waals surface area contributed by atoms with Crippen LogP contribution >= 0.6 is 0 Å². The molecule has 2 aromatic rings. The second-order valence-electron chi connectivity index (χ2n) is 7.94. The summed E-state index contributed by atoms with van der Waals surface area (Å²) in [7, 11) is -1.51. The summed E-state index contributed by atoms with van der Waals surface area (Å²) in [6.07, 6.45) is 3.19. The van der Waals surface area contributed by atoms with Crippen molar-refractivity contribution >= 4 is 8.07 Å². The van der Waals surface area contributed by atoms with Crippen LogP contribution in [0, 0.1) is 0 Å². The molecule has 3 atom stereocenters. The van der Waals surface area contributed by atoms with E-state index in [1.165, 1.54) is 22.7 Å². The Morgan fingerprint density at radius 1 is 0.885 bits per heavy atom. The fraction of sp³-hybridized carbons (Fsp3) is 0.600. The van der Waals surface area contributed by atoms with E-state index in [0.29, 0.717) is 11.2 Å². The van der Waals surface area contributed by atoms with Crippen molar-refractivity contribution < 1.29 is 0 Å². The Labute approximate surface area is 155 Å². The summed E-state index contributed by atoms with van der Waals surface area (Å²) in [5.74, 6) is 0. The molecule has 26 heavy (non-hydrogen) atoms. The second-order valence-corrected chi connectivity index (χ2v) is 13.5. The Morgan fingerprint density at radius 2 is 1.38 bits per heavy atom. The minimum atomic E-state index is -1.51. The third-order valence-corrected chi connectivity index (χ3v) is 13.7. The molecule has 2 heterocycles. The third kappa shape index (κ3) is 2.20. The summed E-state index contributed by atoms with van der Waals surface area (Å²) >= 11 is 0. The van der Waals surface area contributed by atoms with Crippen molar-refractivity contribution in [2.75, 3.05) is 0 Å². The van der Waals surface area contributed by atoms with Gasteiger partial charge in [0.25, 0.3) is 0 Å². The molecule has 0 N–H and O–H groups in total. The Morgan fingerprint density at radius 3 is 1.85 bits per heavy atom. The molecule has 1 aliphatic heterocycles. The van der Waals surface area contributed by atoms with Crippen LogP contribution < -0.4 is 11.4 Å². The SMILES string of the molecule is CC[Si](CC)(CC)C1[C@H]2CCC[C@@H]1n1c(=O)n(-c3ccccc3)c(=O)n12. The zero-order chi connectivity index (χ0) is 18.5. The maximum Gasteiger partial charge on any atom is 0.352 e. The molecule has 0 amide bonds. The van der Waals surface area contributed by atoms with Gasteiger partial charge < -0.3 is 0 Å². The number of para-hydroxylation sites is 1. The molecule has 6 heteroatoms. The standard InChI is InChI=1S/C20H29N3O2Si/c1-4-26(5-2,6-3)18-16-13-10-14-17(18)23-20(25)21(19(24)22(16)23)15-11-8-7-9-12-15/h7-9,11-12,16-18H,4-6,10,13-14H2,1-3H3/t16-,17+,18?. The number of aromatic nitrogens is 3. The van der Waals surface area contributed by atoms with E-state index in [-0.39, 0.29) is 23.5 Å². The highest BCUT2D eigenvalue weighted by molar-refractivity contribution is 6.81. The number of benzene rings is 1. The highest BCUT2D eigenvalue weighted by Gasteiger charge is 2.54. The van der Waals surface area contributed by atoms with Gasteiger partial charge in [0.05, 0.1) is 25.8 Å². The average Bonchev–Trinajstić information content (AvgIpc) is 3.05. The van der Waals surface area contributed by atoms with E-state index in [4.69, 9.17) is 0 Å². The van der Waals surface area contributed by atoms with E-state index in [2.05, 4.69) is 20.8 Å². The molecule has 1 unspecified atom stereocenters. The molecule has 4 rings (SSSR count). The Bertz CT molecular complexity index is 856. The van der Waals surface area contributed by atoms with Crippen molar-refractivity contribution in [3.8, 4) is 5.69 Å². The van der Waals surface area contributed by atoms with Crippen LogP contribution in [0.15, 0.2) is 39.9 Å². The van der Waals surface area contributed by atoms with Gasteiger partial charge in [-0.2, -0.15) is 0 Å². The molecule has 2 aliphatic rings. The molecule has 140 valence electrons. The van der Waals surface area contributed by atoms with Crippen LogP contribution in [-0.4, -0.2) is 22.0 Å². The van der Waals surface area contributed by atoms with Gasteiger partial charge in [-0.15, -0.1) is 0 Å². The van der Waals surface area contributed by atoms with Gasteiger partial charge in [0.15, 0.2) is 0 Å². The minimum Gasteiger partial charge on any atom is -0.245 e. The molecule has 0 saturated heterocycles. The summed E-state index contributed by atoms with van der Waals surface area (Å²) in [5, 5.41) is 0. The lowest BCUT2D eigenvalue weighted by atomic mass is 9.92. The zero-order valence-corrected chi connectivity index (χ0v) is 17.0. The zero-order valence-electron chi connectivity index (χ0n) is 16.0. The van der Waals surface area contributed by atoms with Gasteiger partial charge in [-0.1, -0.05) is 57.1 Å². The summed E-state index contributed by atoms with van der Waals surface area (Å²) < 4.78 is 5.06. The first kappa shape index (κ1) is 17.6. The topological polar surface area (TPSA) is 48.9 Å². The predicted octanol–water partition coefficient (Wildman–Crippen LogP) is 3.96. The lowest BCUT2D eigenvalue weighted by Gasteiger charge is -2.43. The van der Waals surface area contributed by atoms with Gasteiger partial charge >= 0.3 is 11.4 Å². The smallest absolute Gasteiger partial charge is 0.245 e. The van der Waals surface area contributed by atoms with Crippen molar-refractivity contribution in [3.05, 3.63) is 51.3 Å². The molecule has 1 aromatic carbocycles. The molecule has 0 spiro atoms. The van der Waals surface area contributed by atoms with E-state index in [1.54, 1.807) is 0 Å². The van der Waals surface area contributed by atoms with Crippen LogP contribution in [0.5, 0.6) is 0 Å². The largest absolute Gasteiger partial charge is 0.352 e. The number of hydrogen-bond donors (Lipinski definition) is 0. The van der Waals surface area contributed by atoms with Gasteiger partial charge in [0.1, 0.15) is 0 Å². The first-order chi connectivity index (χ1) is 12.6. The first-order valence-corrected chi connectivity index (χ1v) is 12.8. The molecule has 1 fully saturated rings. The summed E-state index contributed by atoms with van der Waals surface area (Å²) in [5.41, 5.74) is 0.914. The van der Waals surface area contributed by atoms with Crippen LogP contribution in [0.25, 0.3) is 5.69 Å². The normalized spacial score (nSPS) is 24.7. The van der Waals surface area contributed by atoms with Gasteiger partial charge in [-0.05, 0) is 36.9 Å². The van der Waals surface area contributed by atoms with Crippen molar-refractivity contribution in [1.82, 2.24) is 13.9 Å². The quantitative estimate of drug-likeness (QED) is 0.747. The Balaban J connectivity index is 1.91. The maximum absolute atomic E-state index is 13.3. The number of hydrogen-bond acceptors (Lipinski definition) is 2. The molecule has 1 saturated carbocycles. The average molecular weight is 372 g/mol. The molecular weight excluding hydrogens is 342 g/mol. The summed E-state index contributed by atoms with van der Waals surface area (Å²) in [4.78, 5) is 26.6. The van der Waals surface area contributed by atoms with E-state index < -0.39 is 8.07 Å². The Kier molecular flexibility index (Phi) is 4.33. The molecule has 1 aliphatic carbocycles. The summed E-state index contributed by atoms with van der Waals surface area (Å²) in [6, 6.07) is 13.5. The van der Waals surface area contributed by atoms with E-state index >= 15 is 0 Å². The lowest BCUT2D eigenvalue weighted by Crippen LogP contribution is -2.45. The van der Waals surface area contributed by atoms with Crippen molar-refractivity contribution in [1.29, 1.82) is 0 Å². The predicted molar refractivity (Wildman–Crippen MR) is 107 cm³/mol. The molecule has 2 bridgehead atoms. The monoisotopic (exact) mass is 371 g/mol. The van der Waals surface area contributed by atoms with Gasteiger partial charge in [0, 0.05) is 0 Å². The van der Waals surface area contributed by atoms with E-state index in [9.17, 15) is 9.59 Å². The van der Waals surface area contributed by atoms with Gasteiger partial charge in [-0.25, -0.2) is 23.5 Å². The highest BCUT2D eigenvalue weighted by Crippen LogP contribution is 2.56. The van der Waals surface area contributed by atoms with Gasteiger partial charge in [0.2, 0.25) is 0 Å². The molecule has 0 radical (unpaired) electrons. The van der Waals surface area contributed by atoms with Crippen LogP contribution in [0.2, 0.25) is 23.7 Å². The number of nitrogens with zero attached hydrogens (tertiary/aromatic N) is 3. The maximum atomic E-state index is 13.3. The van der Waals surface area contributed by atoms with Crippen molar-refractivity contribution in [2.24, 2.45) is 0 Å². The van der Waals surface area contributed by atoms with Crippen LogP contribution in [0.3, 0.4) is 0 Å². The van der Waals surface area contributed by atoms with Crippen LogP contribution in [0.4, 0.5) is 0 Å². The molecule has 1 aromatic heterocycles. The van der Waals surface area contributed by atoms with Crippen molar-refractivity contribution in [2.45, 2.75) is 75.8 Å². The number of rotatable bonds is 5. The number of fused-ring (bicyclic) bond motifs is 5. The minimum absolute atomic E-state index is 0.146. The second kappa shape index (κ2) is 6.41. The first-order valence-electron chi connectivity index (χ1n) is 10.1. The lowest BCUT2D eigenvalue weighted by molar-refractivity contribution is 0.357. The fourth-order valence-corrected chi connectivity index (χ4v) is 11.0. The van der Waals surface area contributed by atoms with Gasteiger partial charge in [-0.3, -0.25) is 0 Å². The van der Waals surface area contributed by atoms with Crippen molar-refractivity contribution in [3.63, 3.8) is 0 Å². The third-order valence-electron chi connectivity index (χ3n) is 7.30. The van der Waals surface area contributed by atoms with Crippen LogP contribution in [0.1, 0.15) is 52.1 Å². The molecular formula is C20H29N3O2Si. The fourth-order valence-electron chi connectivity index (χ4n) is 5.85. The van der Waals surface area contributed by atoms with E-state index in [0.717, 1.165) is 19.3 Å². The van der Waals surface area contributed by atoms with Crippen LogP contribution in [-0.2, 0) is 0 Å². The summed E-state index contributed by atoms with van der Waals surface area (Å²) in [6.45, 7) is 6.98.